The molecule has 0 atom stereocenters. The van der Waals surface area contributed by atoms with Crippen LogP contribution in [0.2, 0.25) is 0 Å². The Morgan fingerprint density at radius 1 is 1.15 bits per heavy atom. The number of nitrogens with one attached hydrogen (secondary N) is 1. The van der Waals surface area contributed by atoms with E-state index in [1.165, 1.54) is 0 Å². The summed E-state index contributed by atoms with van der Waals surface area (Å²) in [6, 6.07) is 14.4. The van der Waals surface area contributed by atoms with Gasteiger partial charge in [-0.05, 0) is 34.1 Å². The van der Waals surface area contributed by atoms with Gasteiger partial charge in [-0.15, -0.1) is 0 Å². The maximum Gasteiger partial charge on any atom is 0.262 e. The van der Waals surface area contributed by atoms with Crippen molar-refractivity contribution in [2.75, 3.05) is 11.9 Å². The third-order valence-corrected chi connectivity index (χ3v) is 3.34. The molecule has 4 nitrogen and oxygen atoms in total. The molecule has 2 aromatic rings. The highest BCUT2D eigenvalue weighted by Crippen LogP contribution is 2.21. The second-order valence-electron chi connectivity index (χ2n) is 4.08. The lowest BCUT2D eigenvalue weighted by atomic mass is 10.2. The number of ether oxygens (including phenoxy) is 1. The molecule has 0 aliphatic heterocycles. The molecule has 0 bridgehead atoms. The number of aliphatic hydroxyl groups is 1. The van der Waals surface area contributed by atoms with E-state index in [-0.39, 0.29) is 19.1 Å². The fourth-order valence-corrected chi connectivity index (χ4v) is 2.05. The summed E-state index contributed by atoms with van der Waals surface area (Å²) in [4.78, 5) is 11.8. The van der Waals surface area contributed by atoms with Crippen molar-refractivity contribution in [2.24, 2.45) is 0 Å². The topological polar surface area (TPSA) is 58.6 Å². The summed E-state index contributed by atoms with van der Waals surface area (Å²) in [5.41, 5.74) is 1.35. The van der Waals surface area contributed by atoms with Crippen molar-refractivity contribution < 1.29 is 14.6 Å². The number of benzene rings is 2. The monoisotopic (exact) mass is 335 g/mol. The summed E-state index contributed by atoms with van der Waals surface area (Å²) >= 11 is 3.36. The fraction of sp³-hybridized carbons (Fsp3) is 0.133. The van der Waals surface area contributed by atoms with Crippen molar-refractivity contribution in [1.82, 2.24) is 0 Å². The molecule has 0 spiro atoms. The standard InChI is InChI=1S/C15H14BrNO3/c16-12-6-2-3-7-13(12)17-15(19)10-20-14-8-4-1-5-11(14)9-18/h1-8,18H,9-10H2,(H,17,19). The molecule has 0 saturated heterocycles. The van der Waals surface area contributed by atoms with Gasteiger partial charge in [0.15, 0.2) is 6.61 Å². The van der Waals surface area contributed by atoms with E-state index in [2.05, 4.69) is 21.2 Å². The number of carbonyl (C=O) groups is 1. The van der Waals surface area contributed by atoms with Gasteiger partial charge in [0.1, 0.15) is 5.75 Å². The molecule has 0 saturated carbocycles. The van der Waals surface area contributed by atoms with Crippen LogP contribution in [0.25, 0.3) is 0 Å². The Labute approximate surface area is 125 Å². The van der Waals surface area contributed by atoms with Crippen molar-refractivity contribution in [3.63, 3.8) is 0 Å². The highest BCUT2D eigenvalue weighted by molar-refractivity contribution is 9.10. The predicted molar refractivity (Wildman–Crippen MR) is 80.6 cm³/mol. The molecule has 0 radical (unpaired) electrons. The minimum absolute atomic E-state index is 0.113. The Balaban J connectivity index is 1.94. The van der Waals surface area contributed by atoms with Gasteiger partial charge in [0, 0.05) is 10.0 Å². The molecule has 0 aromatic heterocycles. The first-order valence-electron chi connectivity index (χ1n) is 6.06. The number of hydrogen-bond donors (Lipinski definition) is 2. The van der Waals surface area contributed by atoms with Crippen LogP contribution in [-0.4, -0.2) is 17.6 Å². The van der Waals surface area contributed by atoms with E-state index in [1.807, 2.05) is 18.2 Å². The minimum atomic E-state index is -0.260. The first-order chi connectivity index (χ1) is 9.70. The van der Waals surface area contributed by atoms with Gasteiger partial charge in [-0.2, -0.15) is 0 Å². The lowest BCUT2D eigenvalue weighted by Crippen LogP contribution is -2.20. The van der Waals surface area contributed by atoms with E-state index < -0.39 is 0 Å². The number of para-hydroxylation sites is 2. The van der Waals surface area contributed by atoms with Crippen LogP contribution in [0, 0.1) is 0 Å². The van der Waals surface area contributed by atoms with Gasteiger partial charge in [-0.3, -0.25) is 4.79 Å². The number of anilines is 1. The van der Waals surface area contributed by atoms with Crippen LogP contribution in [0.1, 0.15) is 5.56 Å². The van der Waals surface area contributed by atoms with Gasteiger partial charge in [0.2, 0.25) is 0 Å². The van der Waals surface area contributed by atoms with Gasteiger partial charge in [-0.25, -0.2) is 0 Å². The van der Waals surface area contributed by atoms with Crippen LogP contribution in [0.4, 0.5) is 5.69 Å². The number of hydrogen-bond acceptors (Lipinski definition) is 3. The third-order valence-electron chi connectivity index (χ3n) is 2.65. The highest BCUT2D eigenvalue weighted by Gasteiger charge is 2.07. The van der Waals surface area contributed by atoms with Crippen LogP contribution in [0.15, 0.2) is 53.0 Å². The Morgan fingerprint density at radius 2 is 1.85 bits per heavy atom. The fourth-order valence-electron chi connectivity index (χ4n) is 1.67. The molecule has 104 valence electrons. The number of aliphatic hydroxyl groups excluding tert-OH is 1. The average molecular weight is 336 g/mol. The molecule has 2 N–H and O–H groups in total. The molecule has 0 aliphatic rings. The molecular formula is C15H14BrNO3. The number of amides is 1. The molecule has 2 aromatic carbocycles. The quantitative estimate of drug-likeness (QED) is 0.883. The van der Waals surface area contributed by atoms with E-state index in [4.69, 9.17) is 9.84 Å². The predicted octanol–water partition coefficient (Wildman–Crippen LogP) is 2.96. The van der Waals surface area contributed by atoms with E-state index >= 15 is 0 Å². The number of rotatable bonds is 5. The molecule has 0 fully saturated rings. The van der Waals surface area contributed by atoms with Crippen molar-refractivity contribution in [1.29, 1.82) is 0 Å². The second-order valence-corrected chi connectivity index (χ2v) is 4.94. The zero-order valence-corrected chi connectivity index (χ0v) is 12.3. The molecule has 0 unspecified atom stereocenters. The zero-order valence-electron chi connectivity index (χ0n) is 10.7. The molecule has 1 amide bonds. The normalized spacial score (nSPS) is 10.1. The van der Waals surface area contributed by atoms with Crippen LogP contribution < -0.4 is 10.1 Å². The first kappa shape index (κ1) is 14.6. The Bertz CT molecular complexity index is 601. The zero-order chi connectivity index (χ0) is 14.4. The largest absolute Gasteiger partial charge is 0.483 e. The molecule has 0 heterocycles. The summed E-state index contributed by atoms with van der Waals surface area (Å²) in [5, 5.41) is 11.9. The third kappa shape index (κ3) is 3.82. The Hall–Kier alpha value is -1.85. The van der Waals surface area contributed by atoms with Crippen LogP contribution >= 0.6 is 15.9 Å². The number of carbonyl (C=O) groups excluding carboxylic acids is 1. The van der Waals surface area contributed by atoms with E-state index in [0.717, 1.165) is 4.47 Å². The van der Waals surface area contributed by atoms with Crippen molar-refractivity contribution in [2.45, 2.75) is 6.61 Å². The van der Waals surface area contributed by atoms with E-state index in [1.54, 1.807) is 30.3 Å². The second kappa shape index (κ2) is 7.07. The molecule has 5 heteroatoms. The van der Waals surface area contributed by atoms with E-state index in [9.17, 15) is 4.79 Å². The maximum atomic E-state index is 11.8. The van der Waals surface area contributed by atoms with Gasteiger partial charge < -0.3 is 15.2 Å². The van der Waals surface area contributed by atoms with Crippen LogP contribution in [0.3, 0.4) is 0 Å². The smallest absolute Gasteiger partial charge is 0.262 e. The minimum Gasteiger partial charge on any atom is -0.483 e. The van der Waals surface area contributed by atoms with Gasteiger partial charge in [0.05, 0.1) is 12.3 Å². The summed E-state index contributed by atoms with van der Waals surface area (Å²) in [5.74, 6) is 0.252. The van der Waals surface area contributed by atoms with Gasteiger partial charge in [0.25, 0.3) is 5.91 Å². The van der Waals surface area contributed by atoms with Gasteiger partial charge in [-0.1, -0.05) is 30.3 Å². The lowest BCUT2D eigenvalue weighted by molar-refractivity contribution is -0.118. The Kier molecular flexibility index (Phi) is 5.15. The molecule has 20 heavy (non-hydrogen) atoms. The average Bonchev–Trinajstić information content (AvgIpc) is 2.48. The molecule has 2 rings (SSSR count). The lowest BCUT2D eigenvalue weighted by Gasteiger charge is -2.10. The summed E-state index contributed by atoms with van der Waals surface area (Å²) in [7, 11) is 0. The Morgan fingerprint density at radius 3 is 2.60 bits per heavy atom. The van der Waals surface area contributed by atoms with Crippen LogP contribution in [0.5, 0.6) is 5.75 Å². The molecule has 0 aliphatic carbocycles. The summed E-state index contributed by atoms with van der Waals surface area (Å²) in [6.07, 6.45) is 0. The molecular weight excluding hydrogens is 322 g/mol. The summed E-state index contributed by atoms with van der Waals surface area (Å²) < 4.78 is 6.22. The highest BCUT2D eigenvalue weighted by atomic mass is 79.9. The van der Waals surface area contributed by atoms with Crippen molar-refractivity contribution in [3.8, 4) is 5.75 Å². The van der Waals surface area contributed by atoms with Crippen molar-refractivity contribution >= 4 is 27.5 Å². The summed E-state index contributed by atoms with van der Waals surface area (Å²) in [6.45, 7) is -0.236. The number of halogens is 1. The van der Waals surface area contributed by atoms with Gasteiger partial charge >= 0.3 is 0 Å². The first-order valence-corrected chi connectivity index (χ1v) is 6.86. The van der Waals surface area contributed by atoms with E-state index in [0.29, 0.717) is 17.0 Å². The maximum absolute atomic E-state index is 11.8. The van der Waals surface area contributed by atoms with Crippen LogP contribution in [-0.2, 0) is 11.4 Å². The SMILES string of the molecule is O=C(COc1ccccc1CO)Nc1ccccc1Br. The van der Waals surface area contributed by atoms with Crippen molar-refractivity contribution in [3.05, 3.63) is 58.6 Å².